The quantitative estimate of drug-likeness (QED) is 0.316. The van der Waals surface area contributed by atoms with E-state index in [1.54, 1.807) is 26.4 Å². The van der Waals surface area contributed by atoms with Gasteiger partial charge >= 0.3 is 0 Å². The van der Waals surface area contributed by atoms with Gasteiger partial charge in [-0.1, -0.05) is 54.6 Å². The van der Waals surface area contributed by atoms with Crippen molar-refractivity contribution >= 4 is 28.6 Å². The first kappa shape index (κ1) is 26.8. The summed E-state index contributed by atoms with van der Waals surface area (Å²) in [5.74, 6) is 1.98. The van der Waals surface area contributed by atoms with Gasteiger partial charge in [-0.3, -0.25) is 4.79 Å². The number of nitrogens with one attached hydrogen (secondary N) is 1. The first-order chi connectivity index (χ1) is 19.9. The number of hydrogen-bond acceptors (Lipinski definition) is 8. The summed E-state index contributed by atoms with van der Waals surface area (Å²) >= 11 is 0. The van der Waals surface area contributed by atoms with E-state index in [0.717, 1.165) is 16.7 Å². The van der Waals surface area contributed by atoms with Gasteiger partial charge in [0, 0.05) is 31.0 Å². The lowest BCUT2D eigenvalue weighted by molar-refractivity contribution is -0.134. The van der Waals surface area contributed by atoms with Gasteiger partial charge in [-0.15, -0.1) is 0 Å². The molecule has 2 aliphatic rings. The Morgan fingerprint density at radius 2 is 1.71 bits per heavy atom. The minimum Gasteiger partial charge on any atom is -0.493 e. The lowest BCUT2D eigenvalue weighted by Gasteiger charge is -2.41. The zero-order chi connectivity index (χ0) is 28.6. The van der Waals surface area contributed by atoms with E-state index in [0.29, 0.717) is 72.9 Å². The third kappa shape index (κ3) is 5.02. The third-order valence-corrected chi connectivity index (χ3v) is 8.58. The molecule has 2 unspecified atom stereocenters. The highest BCUT2D eigenvalue weighted by Gasteiger charge is 2.44. The maximum atomic E-state index is 14.1. The number of hydrogen-bond donors (Lipinski definition) is 3. The summed E-state index contributed by atoms with van der Waals surface area (Å²) in [5.41, 5.74) is 9.57. The molecule has 212 valence electrons. The van der Waals surface area contributed by atoms with Crippen LogP contribution in [0.25, 0.3) is 10.9 Å². The predicted molar refractivity (Wildman–Crippen MR) is 158 cm³/mol. The van der Waals surface area contributed by atoms with Gasteiger partial charge in [0.2, 0.25) is 11.9 Å². The fourth-order valence-electron chi connectivity index (χ4n) is 6.26. The Bertz CT molecular complexity index is 1570. The van der Waals surface area contributed by atoms with Crippen LogP contribution in [0.2, 0.25) is 0 Å². The van der Waals surface area contributed by atoms with Gasteiger partial charge in [0.15, 0.2) is 11.5 Å². The number of carbonyl (C=O) groups is 1. The Balaban J connectivity index is 1.27. The number of rotatable bonds is 7. The average molecular weight is 554 g/mol. The van der Waals surface area contributed by atoms with Gasteiger partial charge in [-0.05, 0) is 42.0 Å². The molecular formula is C32H35N5O4. The number of carbonyl (C=O) groups excluding carboxylic acids is 1. The highest BCUT2D eigenvalue weighted by Crippen LogP contribution is 2.40. The number of anilines is 2. The van der Waals surface area contributed by atoms with E-state index in [9.17, 15) is 9.90 Å². The normalized spacial score (nSPS) is 19.5. The molecular weight excluding hydrogens is 518 g/mol. The van der Waals surface area contributed by atoms with Crippen LogP contribution in [0.5, 0.6) is 11.5 Å². The number of methoxy groups -OCH3 is 2. The molecule has 2 heterocycles. The molecule has 4 N–H and O–H groups in total. The predicted octanol–water partition coefficient (Wildman–Crippen LogP) is 3.83. The van der Waals surface area contributed by atoms with Crippen molar-refractivity contribution in [2.75, 3.05) is 37.9 Å². The molecule has 0 saturated carbocycles. The molecule has 1 aliphatic carbocycles. The van der Waals surface area contributed by atoms with Crippen molar-refractivity contribution in [2.45, 2.75) is 37.8 Å². The van der Waals surface area contributed by atoms with Crippen LogP contribution in [-0.4, -0.2) is 54.4 Å². The van der Waals surface area contributed by atoms with Crippen LogP contribution in [-0.2, 0) is 17.6 Å². The number of nitrogen functional groups attached to an aromatic ring is 1. The molecule has 1 aliphatic heterocycles. The van der Waals surface area contributed by atoms with Crippen LogP contribution in [0.15, 0.2) is 66.7 Å². The van der Waals surface area contributed by atoms with Gasteiger partial charge in [0.05, 0.1) is 37.3 Å². The number of benzene rings is 3. The Hall–Kier alpha value is -4.37. The van der Waals surface area contributed by atoms with Gasteiger partial charge < -0.3 is 30.5 Å². The SMILES string of the molecule is COc1cc2nc(N3CCC(Cc4ccccc4)(C(=O)NC4c5ccccc5CC4O)CC3)nc(N)c2cc1OC. The molecule has 4 aromatic rings. The van der Waals surface area contributed by atoms with Crippen molar-refractivity contribution in [3.05, 3.63) is 83.4 Å². The number of ether oxygens (including phenoxy) is 2. The number of fused-ring (bicyclic) bond motifs is 2. The molecule has 0 bridgehead atoms. The summed E-state index contributed by atoms with van der Waals surface area (Å²) in [4.78, 5) is 25.6. The van der Waals surface area contributed by atoms with Crippen LogP contribution in [0.4, 0.5) is 11.8 Å². The van der Waals surface area contributed by atoms with Crippen LogP contribution >= 0.6 is 0 Å². The Labute approximate surface area is 239 Å². The topological polar surface area (TPSA) is 123 Å². The Morgan fingerprint density at radius 1 is 1.02 bits per heavy atom. The summed E-state index contributed by atoms with van der Waals surface area (Å²) in [6.07, 6.45) is 1.71. The van der Waals surface area contributed by atoms with E-state index >= 15 is 0 Å². The summed E-state index contributed by atoms with van der Waals surface area (Å²) in [5, 5.41) is 14.8. The standard InChI is InChI=1S/C32H35N5O4/c1-40-26-17-23-24(18-27(26)41-2)34-31(36-29(23)33)37-14-12-32(13-15-37,19-20-8-4-3-5-9-20)30(39)35-28-22-11-7-6-10-21(22)16-25(28)38/h3-11,17-18,25,28,38H,12-16,19H2,1-2H3,(H,35,39)(H2,33,34,36). The largest absolute Gasteiger partial charge is 0.493 e. The van der Waals surface area contributed by atoms with E-state index in [1.165, 1.54) is 0 Å². The van der Waals surface area contributed by atoms with Crippen LogP contribution in [0.3, 0.4) is 0 Å². The number of piperidine rings is 1. The molecule has 1 saturated heterocycles. The second-order valence-corrected chi connectivity index (χ2v) is 11.0. The molecule has 3 aromatic carbocycles. The molecule has 41 heavy (non-hydrogen) atoms. The molecule has 6 rings (SSSR count). The van der Waals surface area contributed by atoms with E-state index in [1.807, 2.05) is 42.5 Å². The Kier molecular flexibility index (Phi) is 7.13. The number of nitrogens with zero attached hydrogens (tertiary/aromatic N) is 3. The molecule has 2 atom stereocenters. The first-order valence-corrected chi connectivity index (χ1v) is 14.0. The van der Waals surface area contributed by atoms with Crippen molar-refractivity contribution in [2.24, 2.45) is 5.41 Å². The molecule has 1 aromatic heterocycles. The summed E-state index contributed by atoms with van der Waals surface area (Å²) in [6, 6.07) is 21.2. The second kappa shape index (κ2) is 10.9. The summed E-state index contributed by atoms with van der Waals surface area (Å²) in [6.45, 7) is 1.17. The van der Waals surface area contributed by atoms with Crippen molar-refractivity contribution in [3.8, 4) is 11.5 Å². The second-order valence-electron chi connectivity index (χ2n) is 11.0. The van der Waals surface area contributed by atoms with E-state index < -0.39 is 17.6 Å². The number of nitrogens with two attached hydrogens (primary N) is 1. The number of aliphatic hydroxyl groups is 1. The molecule has 9 nitrogen and oxygen atoms in total. The van der Waals surface area contributed by atoms with E-state index in [4.69, 9.17) is 20.2 Å². The van der Waals surface area contributed by atoms with Crippen molar-refractivity contribution < 1.29 is 19.4 Å². The number of aliphatic hydroxyl groups excluding tert-OH is 1. The number of aromatic nitrogens is 2. The van der Waals surface area contributed by atoms with Gasteiger partial charge in [0.1, 0.15) is 5.82 Å². The summed E-state index contributed by atoms with van der Waals surface area (Å²) < 4.78 is 10.9. The van der Waals surface area contributed by atoms with E-state index in [2.05, 4.69) is 27.3 Å². The lowest BCUT2D eigenvalue weighted by atomic mass is 9.72. The van der Waals surface area contributed by atoms with Crippen molar-refractivity contribution in [3.63, 3.8) is 0 Å². The first-order valence-electron chi connectivity index (χ1n) is 14.0. The maximum absolute atomic E-state index is 14.1. The highest BCUT2D eigenvalue weighted by molar-refractivity contribution is 5.92. The minimum atomic E-state index is -0.645. The molecule has 1 amide bonds. The number of amides is 1. The van der Waals surface area contributed by atoms with Gasteiger partial charge in [-0.25, -0.2) is 4.98 Å². The van der Waals surface area contributed by atoms with Crippen molar-refractivity contribution in [1.29, 1.82) is 0 Å². The fourth-order valence-corrected chi connectivity index (χ4v) is 6.26. The zero-order valence-corrected chi connectivity index (χ0v) is 23.3. The smallest absolute Gasteiger partial charge is 0.227 e. The minimum absolute atomic E-state index is 0.0301. The zero-order valence-electron chi connectivity index (χ0n) is 23.3. The average Bonchev–Trinajstić information content (AvgIpc) is 3.31. The molecule has 1 fully saturated rings. The van der Waals surface area contributed by atoms with Gasteiger partial charge in [-0.2, -0.15) is 4.98 Å². The lowest BCUT2D eigenvalue weighted by Crippen LogP contribution is -2.52. The maximum Gasteiger partial charge on any atom is 0.227 e. The van der Waals surface area contributed by atoms with Gasteiger partial charge in [0.25, 0.3) is 0 Å². The van der Waals surface area contributed by atoms with Crippen LogP contribution in [0, 0.1) is 5.41 Å². The highest BCUT2D eigenvalue weighted by atomic mass is 16.5. The third-order valence-electron chi connectivity index (χ3n) is 8.58. The summed E-state index contributed by atoms with van der Waals surface area (Å²) in [7, 11) is 3.16. The molecule has 9 heteroatoms. The fraction of sp³-hybridized carbons (Fsp3) is 0.344. The monoisotopic (exact) mass is 553 g/mol. The van der Waals surface area contributed by atoms with Crippen LogP contribution < -0.4 is 25.4 Å². The van der Waals surface area contributed by atoms with E-state index in [-0.39, 0.29) is 5.91 Å². The van der Waals surface area contributed by atoms with Crippen molar-refractivity contribution in [1.82, 2.24) is 15.3 Å². The van der Waals surface area contributed by atoms with Crippen LogP contribution in [0.1, 0.15) is 35.6 Å². The molecule has 0 radical (unpaired) electrons. The molecule has 0 spiro atoms. The Morgan fingerprint density at radius 3 is 2.44 bits per heavy atom.